The molecule has 1 aliphatic heterocycles. The van der Waals surface area contributed by atoms with Gasteiger partial charge < -0.3 is 15.5 Å². The van der Waals surface area contributed by atoms with Gasteiger partial charge in [0, 0.05) is 31.6 Å². The molecule has 0 unspecified atom stereocenters. The third kappa shape index (κ3) is 2.44. The van der Waals surface area contributed by atoms with Gasteiger partial charge in [0.05, 0.1) is 11.4 Å². The molecule has 3 rings (SSSR count). The SMILES string of the molecule is Nc1ccccc1N1CCN(C(=O)c2csnn2)CC1. The minimum Gasteiger partial charge on any atom is -0.397 e. The number of hydrogen-bond donors (Lipinski definition) is 1. The van der Waals surface area contributed by atoms with Crippen molar-refractivity contribution < 1.29 is 4.79 Å². The summed E-state index contributed by atoms with van der Waals surface area (Å²) in [5, 5.41) is 5.51. The number of nitrogens with zero attached hydrogens (tertiary/aromatic N) is 4. The minimum absolute atomic E-state index is 0.0422. The Morgan fingerprint density at radius 1 is 1.20 bits per heavy atom. The number of anilines is 2. The van der Waals surface area contributed by atoms with Gasteiger partial charge in [0.2, 0.25) is 0 Å². The third-order valence-corrected chi connectivity index (χ3v) is 3.93. The van der Waals surface area contributed by atoms with Gasteiger partial charge in [-0.1, -0.05) is 16.6 Å². The van der Waals surface area contributed by atoms with Gasteiger partial charge in [-0.2, -0.15) is 0 Å². The number of rotatable bonds is 2. The molecule has 2 aromatic rings. The lowest BCUT2D eigenvalue weighted by Gasteiger charge is -2.36. The maximum atomic E-state index is 12.2. The van der Waals surface area contributed by atoms with Crippen LogP contribution in [0, 0.1) is 0 Å². The van der Waals surface area contributed by atoms with Crippen molar-refractivity contribution in [2.75, 3.05) is 36.8 Å². The molecule has 1 amide bonds. The monoisotopic (exact) mass is 289 g/mol. The smallest absolute Gasteiger partial charge is 0.275 e. The van der Waals surface area contributed by atoms with E-state index in [0.717, 1.165) is 24.5 Å². The average Bonchev–Trinajstić information content (AvgIpc) is 3.01. The molecule has 0 spiro atoms. The Bertz CT molecular complexity index is 593. The lowest BCUT2D eigenvalue weighted by atomic mass is 10.2. The fraction of sp³-hybridized carbons (Fsp3) is 0.308. The molecule has 1 saturated heterocycles. The zero-order valence-electron chi connectivity index (χ0n) is 10.9. The number of amides is 1. The first-order valence-electron chi connectivity index (χ1n) is 6.41. The minimum atomic E-state index is -0.0422. The predicted octanol–water partition coefficient (Wildman–Crippen LogP) is 1.08. The summed E-state index contributed by atoms with van der Waals surface area (Å²) in [6, 6.07) is 7.81. The van der Waals surface area contributed by atoms with Gasteiger partial charge in [-0.15, -0.1) is 5.10 Å². The van der Waals surface area contributed by atoms with Crippen molar-refractivity contribution >= 4 is 28.8 Å². The number of nitrogen functional groups attached to an aromatic ring is 1. The highest BCUT2D eigenvalue weighted by atomic mass is 32.1. The van der Waals surface area contributed by atoms with Gasteiger partial charge in [-0.3, -0.25) is 4.79 Å². The first-order valence-corrected chi connectivity index (χ1v) is 7.25. The van der Waals surface area contributed by atoms with Crippen LogP contribution in [0.25, 0.3) is 0 Å². The Kier molecular flexibility index (Phi) is 3.51. The Labute approximate surface area is 121 Å². The first kappa shape index (κ1) is 12.9. The van der Waals surface area contributed by atoms with Crippen LogP contribution in [-0.2, 0) is 0 Å². The first-order chi connectivity index (χ1) is 9.75. The maximum absolute atomic E-state index is 12.2. The summed E-state index contributed by atoms with van der Waals surface area (Å²) in [4.78, 5) is 16.2. The van der Waals surface area contributed by atoms with E-state index in [9.17, 15) is 4.79 Å². The van der Waals surface area contributed by atoms with Crippen molar-refractivity contribution in [2.45, 2.75) is 0 Å². The number of benzene rings is 1. The van der Waals surface area contributed by atoms with Crippen molar-refractivity contribution in [3.8, 4) is 0 Å². The van der Waals surface area contributed by atoms with Crippen LogP contribution >= 0.6 is 11.5 Å². The number of hydrogen-bond acceptors (Lipinski definition) is 6. The maximum Gasteiger partial charge on any atom is 0.275 e. The molecular formula is C13H15N5OS. The fourth-order valence-corrected chi connectivity index (χ4v) is 2.78. The molecule has 0 radical (unpaired) electrons. The average molecular weight is 289 g/mol. The van der Waals surface area contributed by atoms with Crippen LogP contribution in [0.2, 0.25) is 0 Å². The van der Waals surface area contributed by atoms with Crippen LogP contribution in [-0.4, -0.2) is 46.6 Å². The summed E-state index contributed by atoms with van der Waals surface area (Å²) in [6.07, 6.45) is 0. The summed E-state index contributed by atoms with van der Waals surface area (Å²) in [7, 11) is 0. The van der Waals surface area contributed by atoms with Gasteiger partial charge in [-0.05, 0) is 23.7 Å². The van der Waals surface area contributed by atoms with Gasteiger partial charge in [0.25, 0.3) is 5.91 Å². The normalized spacial score (nSPS) is 15.4. The molecular weight excluding hydrogens is 274 g/mol. The molecule has 104 valence electrons. The van der Waals surface area contributed by atoms with Crippen LogP contribution < -0.4 is 10.6 Å². The molecule has 20 heavy (non-hydrogen) atoms. The van der Waals surface area contributed by atoms with E-state index in [1.54, 1.807) is 5.38 Å². The largest absolute Gasteiger partial charge is 0.397 e. The molecule has 0 atom stereocenters. The summed E-state index contributed by atoms with van der Waals surface area (Å²) in [6.45, 7) is 2.89. The fourth-order valence-electron chi connectivity index (χ4n) is 2.35. The Morgan fingerprint density at radius 2 is 1.95 bits per heavy atom. The van der Waals surface area contributed by atoms with Crippen LogP contribution in [0.4, 0.5) is 11.4 Å². The molecule has 7 heteroatoms. The molecule has 0 aliphatic carbocycles. The highest BCUT2D eigenvalue weighted by molar-refractivity contribution is 7.03. The van der Waals surface area contributed by atoms with E-state index in [1.807, 2.05) is 29.2 Å². The Hall–Kier alpha value is -2.15. The van der Waals surface area contributed by atoms with E-state index in [2.05, 4.69) is 14.5 Å². The Morgan fingerprint density at radius 3 is 2.60 bits per heavy atom. The molecule has 0 saturated carbocycles. The predicted molar refractivity (Wildman–Crippen MR) is 78.9 cm³/mol. The van der Waals surface area contributed by atoms with E-state index < -0.39 is 0 Å². The summed E-state index contributed by atoms with van der Waals surface area (Å²) >= 11 is 1.20. The topological polar surface area (TPSA) is 75.3 Å². The quantitative estimate of drug-likeness (QED) is 0.837. The van der Waals surface area contributed by atoms with E-state index in [0.29, 0.717) is 18.8 Å². The molecule has 0 bridgehead atoms. The molecule has 6 nitrogen and oxygen atoms in total. The summed E-state index contributed by atoms with van der Waals surface area (Å²) < 4.78 is 3.73. The van der Waals surface area contributed by atoms with Crippen molar-refractivity contribution in [1.29, 1.82) is 0 Å². The van der Waals surface area contributed by atoms with Gasteiger partial charge in [0.15, 0.2) is 5.69 Å². The standard InChI is InChI=1S/C13H15N5OS/c14-10-3-1-2-4-12(10)17-5-7-18(8-6-17)13(19)11-9-20-16-15-11/h1-4,9H,5-8,14H2. The number of para-hydroxylation sites is 2. The highest BCUT2D eigenvalue weighted by Crippen LogP contribution is 2.23. The molecule has 2 N–H and O–H groups in total. The Balaban J connectivity index is 1.65. The summed E-state index contributed by atoms with van der Waals surface area (Å²) in [5.74, 6) is -0.0422. The second-order valence-electron chi connectivity index (χ2n) is 4.63. The van der Waals surface area contributed by atoms with E-state index in [4.69, 9.17) is 5.73 Å². The zero-order valence-corrected chi connectivity index (χ0v) is 11.7. The second-order valence-corrected chi connectivity index (χ2v) is 5.24. The van der Waals surface area contributed by atoms with Crippen LogP contribution in [0.3, 0.4) is 0 Å². The summed E-state index contributed by atoms with van der Waals surface area (Å²) in [5.41, 5.74) is 8.23. The number of piperazine rings is 1. The van der Waals surface area contributed by atoms with E-state index in [-0.39, 0.29) is 5.91 Å². The van der Waals surface area contributed by atoms with Crippen LogP contribution in [0.5, 0.6) is 0 Å². The third-order valence-electron chi connectivity index (χ3n) is 3.42. The molecule has 1 fully saturated rings. The van der Waals surface area contributed by atoms with Gasteiger partial charge in [-0.25, -0.2) is 0 Å². The van der Waals surface area contributed by atoms with E-state index in [1.165, 1.54) is 11.5 Å². The van der Waals surface area contributed by atoms with Crippen LogP contribution in [0.1, 0.15) is 10.5 Å². The van der Waals surface area contributed by atoms with Crippen molar-refractivity contribution in [2.24, 2.45) is 0 Å². The molecule has 2 heterocycles. The zero-order chi connectivity index (χ0) is 13.9. The van der Waals surface area contributed by atoms with Crippen molar-refractivity contribution in [3.05, 3.63) is 35.3 Å². The van der Waals surface area contributed by atoms with Gasteiger partial charge in [0.1, 0.15) is 0 Å². The molecule has 1 aromatic carbocycles. The van der Waals surface area contributed by atoms with Crippen molar-refractivity contribution in [1.82, 2.24) is 14.5 Å². The molecule has 1 aromatic heterocycles. The lowest BCUT2D eigenvalue weighted by Crippen LogP contribution is -2.49. The van der Waals surface area contributed by atoms with E-state index >= 15 is 0 Å². The number of carbonyl (C=O) groups excluding carboxylic acids is 1. The number of carbonyl (C=O) groups is 1. The van der Waals surface area contributed by atoms with Gasteiger partial charge >= 0.3 is 0 Å². The second kappa shape index (κ2) is 5.46. The number of aromatic nitrogens is 2. The lowest BCUT2D eigenvalue weighted by molar-refractivity contribution is 0.0741. The molecule has 1 aliphatic rings. The van der Waals surface area contributed by atoms with Crippen LogP contribution in [0.15, 0.2) is 29.6 Å². The van der Waals surface area contributed by atoms with Crippen molar-refractivity contribution in [3.63, 3.8) is 0 Å². The number of nitrogens with two attached hydrogens (primary N) is 1. The highest BCUT2D eigenvalue weighted by Gasteiger charge is 2.24.